The fourth-order valence-electron chi connectivity index (χ4n) is 4.47. The SMILES string of the molecule is CCNC(=O)N1CCC(CN(CCC(C)(C)C)c2nc3c(C(C)(C)C)nn(C)c3c(=O)[nH]2)CC1. The molecule has 1 saturated heterocycles. The minimum absolute atomic E-state index is 0.0216. The molecular formula is C25H43N7O2. The molecule has 2 amide bonds. The van der Waals surface area contributed by atoms with Crippen LogP contribution in [-0.2, 0) is 12.5 Å². The van der Waals surface area contributed by atoms with Crippen molar-refractivity contribution in [2.75, 3.05) is 37.6 Å². The first kappa shape index (κ1) is 26.0. The second kappa shape index (κ2) is 9.96. The van der Waals surface area contributed by atoms with Crippen molar-refractivity contribution in [3.63, 3.8) is 0 Å². The van der Waals surface area contributed by atoms with E-state index in [0.717, 1.165) is 51.1 Å². The number of nitrogens with one attached hydrogen (secondary N) is 2. The quantitative estimate of drug-likeness (QED) is 0.667. The Labute approximate surface area is 203 Å². The van der Waals surface area contributed by atoms with E-state index in [-0.39, 0.29) is 22.4 Å². The van der Waals surface area contributed by atoms with Gasteiger partial charge < -0.3 is 15.1 Å². The maximum absolute atomic E-state index is 13.1. The Kier molecular flexibility index (Phi) is 7.62. The maximum atomic E-state index is 13.1. The van der Waals surface area contributed by atoms with Crippen LogP contribution in [-0.4, -0.2) is 63.4 Å². The third kappa shape index (κ3) is 6.10. The topological polar surface area (TPSA) is 99.2 Å². The van der Waals surface area contributed by atoms with Gasteiger partial charge in [0.15, 0.2) is 5.52 Å². The van der Waals surface area contributed by atoms with Gasteiger partial charge in [-0.15, -0.1) is 0 Å². The summed E-state index contributed by atoms with van der Waals surface area (Å²) in [7, 11) is 1.80. The summed E-state index contributed by atoms with van der Waals surface area (Å²) in [5.41, 5.74) is 1.82. The number of rotatable bonds is 6. The fraction of sp³-hybridized carbons (Fsp3) is 0.760. The van der Waals surface area contributed by atoms with Crippen LogP contribution >= 0.6 is 0 Å². The highest BCUT2D eigenvalue weighted by Gasteiger charge is 2.28. The number of aromatic amines is 1. The third-order valence-electron chi connectivity index (χ3n) is 6.53. The molecule has 1 aliphatic heterocycles. The maximum Gasteiger partial charge on any atom is 0.317 e. The number of hydrogen-bond acceptors (Lipinski definition) is 5. The number of H-pyrrole nitrogens is 1. The number of carbonyl (C=O) groups excluding carboxylic acids is 1. The molecule has 3 heterocycles. The van der Waals surface area contributed by atoms with E-state index in [1.807, 2.05) is 11.8 Å². The van der Waals surface area contributed by atoms with Gasteiger partial charge in [0.1, 0.15) is 5.52 Å². The summed E-state index contributed by atoms with van der Waals surface area (Å²) in [5, 5.41) is 7.53. The Morgan fingerprint density at radius 1 is 1.18 bits per heavy atom. The lowest BCUT2D eigenvalue weighted by Crippen LogP contribution is -2.46. The zero-order valence-electron chi connectivity index (χ0n) is 22.3. The number of urea groups is 1. The lowest BCUT2D eigenvalue weighted by atomic mass is 9.91. The van der Waals surface area contributed by atoms with Gasteiger partial charge in [0, 0.05) is 45.2 Å². The Balaban J connectivity index is 1.89. The molecule has 9 heteroatoms. The van der Waals surface area contributed by atoms with Crippen LogP contribution in [0.15, 0.2) is 4.79 Å². The molecule has 2 aromatic rings. The molecule has 0 aliphatic carbocycles. The molecule has 0 spiro atoms. The number of hydrogen-bond donors (Lipinski definition) is 2. The van der Waals surface area contributed by atoms with Gasteiger partial charge in [-0.05, 0) is 37.5 Å². The molecule has 0 aromatic carbocycles. The molecule has 0 radical (unpaired) electrons. The molecule has 0 saturated carbocycles. The van der Waals surface area contributed by atoms with Crippen LogP contribution in [0.2, 0.25) is 0 Å². The molecular weight excluding hydrogens is 430 g/mol. The summed E-state index contributed by atoms with van der Waals surface area (Å²) in [6, 6.07) is 0.0216. The van der Waals surface area contributed by atoms with Gasteiger partial charge in [-0.2, -0.15) is 5.10 Å². The van der Waals surface area contributed by atoms with Gasteiger partial charge in [0.25, 0.3) is 5.56 Å². The van der Waals surface area contributed by atoms with Crippen molar-refractivity contribution in [1.29, 1.82) is 0 Å². The standard InChI is InChI=1S/C25H43N7O2/c1-9-26-23(34)31-13-10-17(11-14-31)16-32(15-12-24(2,3)4)22-27-18-19(21(33)28-22)30(8)29-20(18)25(5,6)7/h17H,9-16H2,1-8H3,(H,26,34)(H,27,28,33). The summed E-state index contributed by atoms with van der Waals surface area (Å²) >= 11 is 0. The number of aromatic nitrogens is 4. The average molecular weight is 474 g/mol. The number of anilines is 1. The van der Waals surface area contributed by atoms with E-state index in [1.54, 1.807) is 11.7 Å². The number of piperidine rings is 1. The molecule has 0 unspecified atom stereocenters. The summed E-state index contributed by atoms with van der Waals surface area (Å²) in [6.45, 7) is 18.7. The Hall–Kier alpha value is -2.58. The molecule has 3 rings (SSSR count). The van der Waals surface area contributed by atoms with E-state index in [2.05, 4.69) is 61.8 Å². The van der Waals surface area contributed by atoms with Gasteiger partial charge >= 0.3 is 6.03 Å². The first-order valence-corrected chi connectivity index (χ1v) is 12.6. The lowest BCUT2D eigenvalue weighted by Gasteiger charge is -2.36. The van der Waals surface area contributed by atoms with Gasteiger partial charge in [0.05, 0.1) is 5.69 Å². The summed E-state index contributed by atoms with van der Waals surface area (Å²) < 4.78 is 1.64. The zero-order valence-corrected chi connectivity index (χ0v) is 22.3. The number of carbonyl (C=O) groups is 1. The second-order valence-corrected chi connectivity index (χ2v) is 11.8. The van der Waals surface area contributed by atoms with E-state index in [9.17, 15) is 9.59 Å². The van der Waals surface area contributed by atoms with Crippen molar-refractivity contribution in [1.82, 2.24) is 30.0 Å². The van der Waals surface area contributed by atoms with E-state index < -0.39 is 0 Å². The van der Waals surface area contributed by atoms with Gasteiger partial charge in [-0.1, -0.05) is 41.5 Å². The fourth-order valence-corrected chi connectivity index (χ4v) is 4.47. The molecule has 2 N–H and O–H groups in total. The number of amides is 2. The molecule has 2 aromatic heterocycles. The minimum Gasteiger partial charge on any atom is -0.342 e. The Morgan fingerprint density at radius 3 is 2.38 bits per heavy atom. The Morgan fingerprint density at radius 2 is 1.82 bits per heavy atom. The Bertz CT molecular complexity index is 1050. The molecule has 0 atom stereocenters. The number of aryl methyl sites for hydroxylation is 1. The molecule has 0 bridgehead atoms. The molecule has 190 valence electrons. The monoisotopic (exact) mass is 473 g/mol. The largest absolute Gasteiger partial charge is 0.342 e. The van der Waals surface area contributed by atoms with Crippen molar-refractivity contribution in [2.45, 2.75) is 73.1 Å². The highest BCUT2D eigenvalue weighted by molar-refractivity contribution is 5.79. The van der Waals surface area contributed by atoms with Crippen molar-refractivity contribution >= 4 is 23.0 Å². The number of likely N-dealkylation sites (tertiary alicyclic amines) is 1. The van der Waals surface area contributed by atoms with Crippen LogP contribution in [0.5, 0.6) is 0 Å². The molecule has 9 nitrogen and oxygen atoms in total. The second-order valence-electron chi connectivity index (χ2n) is 11.8. The molecule has 34 heavy (non-hydrogen) atoms. The van der Waals surface area contributed by atoms with Crippen LogP contribution in [0.1, 0.15) is 73.4 Å². The van der Waals surface area contributed by atoms with Gasteiger partial charge in [-0.25, -0.2) is 9.78 Å². The van der Waals surface area contributed by atoms with Crippen LogP contribution in [0.25, 0.3) is 11.0 Å². The normalized spacial score (nSPS) is 15.7. The highest BCUT2D eigenvalue weighted by atomic mass is 16.2. The minimum atomic E-state index is -0.223. The van der Waals surface area contributed by atoms with Crippen LogP contribution < -0.4 is 15.8 Å². The first-order chi connectivity index (χ1) is 15.8. The van der Waals surface area contributed by atoms with Crippen molar-refractivity contribution in [3.05, 3.63) is 16.0 Å². The predicted molar refractivity (Wildman–Crippen MR) is 137 cm³/mol. The van der Waals surface area contributed by atoms with Crippen LogP contribution in [0.4, 0.5) is 10.7 Å². The summed E-state index contributed by atoms with van der Waals surface area (Å²) in [5.74, 6) is 1.05. The number of nitrogens with zero attached hydrogens (tertiary/aromatic N) is 5. The lowest BCUT2D eigenvalue weighted by molar-refractivity contribution is 0.171. The van der Waals surface area contributed by atoms with E-state index >= 15 is 0 Å². The predicted octanol–water partition coefficient (Wildman–Crippen LogP) is 3.64. The van der Waals surface area contributed by atoms with E-state index in [1.165, 1.54) is 0 Å². The van der Waals surface area contributed by atoms with Gasteiger partial charge in [-0.3, -0.25) is 14.5 Å². The van der Waals surface area contributed by atoms with Crippen molar-refractivity contribution in [2.24, 2.45) is 18.4 Å². The zero-order chi connectivity index (χ0) is 25.3. The van der Waals surface area contributed by atoms with Crippen LogP contribution in [0, 0.1) is 11.3 Å². The van der Waals surface area contributed by atoms with E-state index in [0.29, 0.717) is 29.4 Å². The highest BCUT2D eigenvalue weighted by Crippen LogP contribution is 2.28. The number of fused-ring (bicyclic) bond motifs is 1. The van der Waals surface area contributed by atoms with Gasteiger partial charge in [0.2, 0.25) is 5.95 Å². The molecule has 1 fully saturated rings. The molecule has 1 aliphatic rings. The summed E-state index contributed by atoms with van der Waals surface area (Å²) in [4.78, 5) is 37.4. The third-order valence-corrected chi connectivity index (χ3v) is 6.53. The smallest absolute Gasteiger partial charge is 0.317 e. The summed E-state index contributed by atoms with van der Waals surface area (Å²) in [6.07, 6.45) is 2.86. The van der Waals surface area contributed by atoms with Crippen molar-refractivity contribution < 1.29 is 4.79 Å². The first-order valence-electron chi connectivity index (χ1n) is 12.6. The van der Waals surface area contributed by atoms with E-state index in [4.69, 9.17) is 4.98 Å². The van der Waals surface area contributed by atoms with Crippen molar-refractivity contribution in [3.8, 4) is 0 Å². The van der Waals surface area contributed by atoms with Crippen LogP contribution in [0.3, 0.4) is 0 Å². The average Bonchev–Trinajstić information content (AvgIpc) is 3.08.